The summed E-state index contributed by atoms with van der Waals surface area (Å²) in [5.41, 5.74) is 7.04. The third-order valence-electron chi connectivity index (χ3n) is 4.37. The Labute approximate surface area is 128 Å². The predicted octanol–water partition coefficient (Wildman–Crippen LogP) is 3.61. The van der Waals surface area contributed by atoms with Crippen LogP contribution in [0.5, 0.6) is 0 Å². The fraction of sp³-hybridized carbons (Fsp3) is 0.706. The van der Waals surface area contributed by atoms with Crippen molar-refractivity contribution in [3.63, 3.8) is 0 Å². The van der Waals surface area contributed by atoms with E-state index in [4.69, 9.17) is 5.73 Å². The van der Waals surface area contributed by atoms with Crippen molar-refractivity contribution in [1.29, 1.82) is 0 Å². The number of aromatic nitrogens is 1. The van der Waals surface area contributed by atoms with Gasteiger partial charge in [-0.05, 0) is 30.5 Å². The van der Waals surface area contributed by atoms with Gasteiger partial charge in [0.05, 0.1) is 17.9 Å². The molecule has 0 saturated carbocycles. The van der Waals surface area contributed by atoms with Gasteiger partial charge in [0, 0.05) is 13.1 Å². The van der Waals surface area contributed by atoms with Crippen molar-refractivity contribution >= 4 is 0 Å². The van der Waals surface area contributed by atoms with Crippen molar-refractivity contribution in [3.8, 4) is 0 Å². The number of rotatable bonds is 9. The average Bonchev–Trinajstić information content (AvgIpc) is 2.51. The van der Waals surface area contributed by atoms with Gasteiger partial charge in [0.15, 0.2) is 0 Å². The molecular formula is C17H30FN3. The van der Waals surface area contributed by atoms with Crippen LogP contribution in [0.25, 0.3) is 0 Å². The number of nitrogens with two attached hydrogens (primary N) is 1. The van der Waals surface area contributed by atoms with Gasteiger partial charge in [-0.25, -0.2) is 4.39 Å². The lowest BCUT2D eigenvalue weighted by molar-refractivity contribution is 0.194. The lowest BCUT2D eigenvalue weighted by Crippen LogP contribution is -2.36. The van der Waals surface area contributed by atoms with Crippen molar-refractivity contribution in [2.24, 2.45) is 17.6 Å². The second kappa shape index (κ2) is 9.11. The molecule has 120 valence electrons. The Bertz CT molecular complexity index is 390. The number of halogens is 1. The highest BCUT2D eigenvalue weighted by Crippen LogP contribution is 2.20. The van der Waals surface area contributed by atoms with E-state index in [0.29, 0.717) is 0 Å². The molecule has 0 bridgehead atoms. The van der Waals surface area contributed by atoms with Gasteiger partial charge in [-0.3, -0.25) is 4.98 Å². The predicted molar refractivity (Wildman–Crippen MR) is 86.5 cm³/mol. The zero-order valence-electron chi connectivity index (χ0n) is 13.8. The maximum atomic E-state index is 12.9. The number of hydrogen-bond acceptors (Lipinski definition) is 3. The normalized spacial score (nSPS) is 14.7. The molecule has 0 radical (unpaired) electrons. The summed E-state index contributed by atoms with van der Waals surface area (Å²) < 4.78 is 12.9. The molecular weight excluding hydrogens is 265 g/mol. The Hall–Kier alpha value is -1.00. The molecule has 0 aliphatic rings. The molecule has 0 aliphatic heterocycles. The van der Waals surface area contributed by atoms with Crippen LogP contribution in [0.4, 0.5) is 4.39 Å². The van der Waals surface area contributed by atoms with E-state index in [1.807, 2.05) is 0 Å². The smallest absolute Gasteiger partial charge is 0.141 e. The van der Waals surface area contributed by atoms with E-state index in [2.05, 4.69) is 37.6 Å². The first-order chi connectivity index (χ1) is 10.0. The Balaban J connectivity index is 2.60. The van der Waals surface area contributed by atoms with Crippen LogP contribution < -0.4 is 5.73 Å². The monoisotopic (exact) mass is 295 g/mol. The Morgan fingerprint density at radius 1 is 1.19 bits per heavy atom. The molecule has 0 fully saturated rings. The summed E-state index contributed by atoms with van der Waals surface area (Å²) in [6, 6.07) is 2.96. The lowest BCUT2D eigenvalue weighted by atomic mass is 9.97. The second-order valence-corrected chi connectivity index (χ2v) is 5.94. The van der Waals surface area contributed by atoms with Gasteiger partial charge in [-0.2, -0.15) is 0 Å². The van der Waals surface area contributed by atoms with Crippen molar-refractivity contribution in [3.05, 3.63) is 29.8 Å². The van der Waals surface area contributed by atoms with Crippen LogP contribution in [0, 0.1) is 17.7 Å². The summed E-state index contributed by atoms with van der Waals surface area (Å²) in [7, 11) is 0. The summed E-state index contributed by atoms with van der Waals surface area (Å²) in [6.07, 6.45) is 3.67. The minimum atomic E-state index is -0.317. The van der Waals surface area contributed by atoms with Gasteiger partial charge in [0.1, 0.15) is 5.82 Å². The first kappa shape index (κ1) is 18.1. The Morgan fingerprint density at radius 2 is 1.86 bits per heavy atom. The summed E-state index contributed by atoms with van der Waals surface area (Å²) >= 11 is 0. The molecule has 0 saturated heterocycles. The molecule has 1 heterocycles. The maximum Gasteiger partial charge on any atom is 0.141 e. The molecule has 0 aliphatic carbocycles. The van der Waals surface area contributed by atoms with Gasteiger partial charge in [-0.15, -0.1) is 0 Å². The van der Waals surface area contributed by atoms with Gasteiger partial charge in [0.2, 0.25) is 0 Å². The molecule has 4 heteroatoms. The van der Waals surface area contributed by atoms with Crippen molar-refractivity contribution in [2.45, 2.75) is 46.6 Å². The first-order valence-corrected chi connectivity index (χ1v) is 8.11. The molecule has 3 nitrogen and oxygen atoms in total. The topological polar surface area (TPSA) is 42.1 Å². The maximum absolute atomic E-state index is 12.9. The van der Waals surface area contributed by atoms with Crippen molar-refractivity contribution < 1.29 is 4.39 Å². The number of pyridine rings is 1. The minimum Gasteiger partial charge on any atom is -0.322 e. The van der Waals surface area contributed by atoms with Crippen molar-refractivity contribution in [1.82, 2.24) is 9.88 Å². The zero-order valence-corrected chi connectivity index (χ0v) is 13.8. The van der Waals surface area contributed by atoms with Crippen molar-refractivity contribution in [2.75, 3.05) is 19.6 Å². The van der Waals surface area contributed by atoms with Crippen LogP contribution in [-0.4, -0.2) is 29.5 Å². The fourth-order valence-corrected chi connectivity index (χ4v) is 2.64. The van der Waals surface area contributed by atoms with E-state index >= 15 is 0 Å². The molecule has 1 aromatic rings. The van der Waals surface area contributed by atoms with E-state index < -0.39 is 0 Å². The molecule has 0 spiro atoms. The summed E-state index contributed by atoms with van der Waals surface area (Å²) in [5.74, 6) is 0.720. The molecule has 2 unspecified atom stereocenters. The van der Waals surface area contributed by atoms with E-state index in [1.54, 1.807) is 6.07 Å². The Morgan fingerprint density at radius 3 is 2.33 bits per heavy atom. The zero-order chi connectivity index (χ0) is 15.8. The average molecular weight is 295 g/mol. The van der Waals surface area contributed by atoms with Crippen LogP contribution in [0.2, 0.25) is 0 Å². The van der Waals surface area contributed by atoms with Gasteiger partial charge >= 0.3 is 0 Å². The van der Waals surface area contributed by atoms with Gasteiger partial charge < -0.3 is 10.6 Å². The Kier molecular flexibility index (Phi) is 7.83. The highest BCUT2D eigenvalue weighted by atomic mass is 19.1. The standard InChI is InChI=1S/C17H30FN3/c1-5-14(6-2)12-21(7-3)11-13(4)17(19)16-9-8-15(18)10-20-16/h8-10,13-14,17H,5-7,11-12,19H2,1-4H3. The minimum absolute atomic E-state index is 0.152. The van der Waals surface area contributed by atoms with E-state index in [-0.39, 0.29) is 17.8 Å². The largest absolute Gasteiger partial charge is 0.322 e. The molecule has 0 aromatic carbocycles. The number of hydrogen-bond donors (Lipinski definition) is 1. The molecule has 0 amide bonds. The number of nitrogens with zero attached hydrogens (tertiary/aromatic N) is 2. The highest BCUT2D eigenvalue weighted by molar-refractivity contribution is 5.10. The van der Waals surface area contributed by atoms with E-state index in [1.165, 1.54) is 25.1 Å². The molecule has 1 aromatic heterocycles. The van der Waals surface area contributed by atoms with Gasteiger partial charge in [0.25, 0.3) is 0 Å². The quantitative estimate of drug-likeness (QED) is 0.756. The SMILES string of the molecule is CCC(CC)CN(CC)CC(C)C(N)c1ccc(F)cn1. The first-order valence-electron chi connectivity index (χ1n) is 8.11. The second-order valence-electron chi connectivity index (χ2n) is 5.94. The van der Waals surface area contributed by atoms with Crippen LogP contribution in [0.15, 0.2) is 18.3 Å². The van der Waals surface area contributed by atoms with Crippen LogP contribution in [0.1, 0.15) is 52.3 Å². The van der Waals surface area contributed by atoms with Crippen LogP contribution in [0.3, 0.4) is 0 Å². The van der Waals surface area contributed by atoms with E-state index in [0.717, 1.165) is 31.2 Å². The third-order valence-corrected chi connectivity index (χ3v) is 4.37. The van der Waals surface area contributed by atoms with Crippen LogP contribution >= 0.6 is 0 Å². The van der Waals surface area contributed by atoms with Crippen LogP contribution in [-0.2, 0) is 0 Å². The molecule has 1 rings (SSSR count). The third kappa shape index (κ3) is 5.71. The van der Waals surface area contributed by atoms with Gasteiger partial charge in [-0.1, -0.05) is 40.5 Å². The summed E-state index contributed by atoms with van der Waals surface area (Å²) in [5, 5.41) is 0. The molecule has 21 heavy (non-hydrogen) atoms. The van der Waals surface area contributed by atoms with E-state index in [9.17, 15) is 4.39 Å². The summed E-state index contributed by atoms with van der Waals surface area (Å²) in [6.45, 7) is 11.9. The molecule has 2 atom stereocenters. The fourth-order valence-electron chi connectivity index (χ4n) is 2.64. The lowest BCUT2D eigenvalue weighted by Gasteiger charge is -2.30. The highest BCUT2D eigenvalue weighted by Gasteiger charge is 2.20. The summed E-state index contributed by atoms with van der Waals surface area (Å²) in [4.78, 5) is 6.57. The molecule has 2 N–H and O–H groups in total.